The first-order valence-electron chi connectivity index (χ1n) is 4.64. The fourth-order valence-corrected chi connectivity index (χ4v) is 2.28. The summed E-state index contributed by atoms with van der Waals surface area (Å²) in [6.07, 6.45) is 0. The summed E-state index contributed by atoms with van der Waals surface area (Å²) in [7, 11) is 0. The molecule has 76 valence electrons. The van der Waals surface area contributed by atoms with E-state index in [1.54, 1.807) is 0 Å². The maximum atomic E-state index is 6.12. The number of hydrogen-bond donors (Lipinski definition) is 0. The van der Waals surface area contributed by atoms with Crippen molar-refractivity contribution in [3.05, 3.63) is 52.5 Å². The number of rotatable bonds is 1. The average molecular weight is 237 g/mol. The lowest BCUT2D eigenvalue weighted by Gasteiger charge is -2.08. The van der Waals surface area contributed by atoms with Gasteiger partial charge in [0.2, 0.25) is 0 Å². The van der Waals surface area contributed by atoms with Crippen LogP contribution in [0.15, 0.2) is 36.9 Å². The highest BCUT2D eigenvalue weighted by molar-refractivity contribution is 6.42. The van der Waals surface area contributed by atoms with Crippen LogP contribution < -0.4 is 0 Å². The number of fused-ring (bicyclic) bond motifs is 1. The largest absolute Gasteiger partial charge is 0.0955 e. The quantitative estimate of drug-likeness (QED) is 0.641. The van der Waals surface area contributed by atoms with E-state index in [4.69, 9.17) is 23.2 Å². The lowest BCUT2D eigenvalue weighted by molar-refractivity contribution is 1.63. The molecule has 2 rings (SSSR count). The third-order valence-corrected chi connectivity index (χ3v) is 3.03. The zero-order valence-corrected chi connectivity index (χ0v) is 9.86. The fraction of sp³-hybridized carbons (Fsp3) is 0.0769. The lowest BCUT2D eigenvalue weighted by Crippen LogP contribution is -1.84. The van der Waals surface area contributed by atoms with Gasteiger partial charge in [-0.15, -0.1) is 0 Å². The highest BCUT2D eigenvalue weighted by Gasteiger charge is 2.07. The monoisotopic (exact) mass is 236 g/mol. The molecule has 0 radical (unpaired) electrons. The second kappa shape index (κ2) is 3.88. The molecule has 15 heavy (non-hydrogen) atoms. The van der Waals surface area contributed by atoms with Crippen molar-refractivity contribution in [3.8, 4) is 0 Å². The third-order valence-electron chi connectivity index (χ3n) is 2.40. The van der Waals surface area contributed by atoms with Gasteiger partial charge in [-0.05, 0) is 30.0 Å². The normalized spacial score (nSPS) is 10.6. The van der Waals surface area contributed by atoms with Gasteiger partial charge in [0, 0.05) is 15.4 Å². The van der Waals surface area contributed by atoms with Gasteiger partial charge in [-0.25, -0.2) is 0 Å². The van der Waals surface area contributed by atoms with Gasteiger partial charge < -0.3 is 0 Å². The fourth-order valence-electron chi connectivity index (χ4n) is 1.69. The van der Waals surface area contributed by atoms with Crippen LogP contribution in [0.3, 0.4) is 0 Å². The molecule has 2 heteroatoms. The molecule has 0 spiro atoms. The molecule has 0 fully saturated rings. The maximum Gasteiger partial charge on any atom is 0.0499 e. The van der Waals surface area contributed by atoms with Gasteiger partial charge in [-0.1, -0.05) is 53.6 Å². The molecule has 2 aromatic rings. The Morgan fingerprint density at radius 1 is 1.07 bits per heavy atom. The van der Waals surface area contributed by atoms with E-state index in [0.717, 1.165) is 21.9 Å². The zero-order chi connectivity index (χ0) is 11.0. The molecule has 0 aliphatic heterocycles. The van der Waals surface area contributed by atoms with E-state index in [0.29, 0.717) is 10.0 Å². The van der Waals surface area contributed by atoms with Crippen LogP contribution in [-0.2, 0) is 0 Å². The topological polar surface area (TPSA) is 0 Å². The average Bonchev–Trinajstić information content (AvgIpc) is 2.17. The third kappa shape index (κ3) is 1.75. The van der Waals surface area contributed by atoms with Gasteiger partial charge in [-0.3, -0.25) is 0 Å². The minimum absolute atomic E-state index is 0.681. The van der Waals surface area contributed by atoms with Crippen LogP contribution in [0.2, 0.25) is 10.0 Å². The Balaban J connectivity index is 2.95. The molecule has 0 amide bonds. The van der Waals surface area contributed by atoms with E-state index in [2.05, 4.69) is 6.58 Å². The Kier molecular flexibility index (Phi) is 2.72. The van der Waals surface area contributed by atoms with Crippen LogP contribution in [-0.4, -0.2) is 0 Å². The molecular weight excluding hydrogens is 227 g/mol. The summed E-state index contributed by atoms with van der Waals surface area (Å²) in [6, 6.07) is 9.62. The summed E-state index contributed by atoms with van der Waals surface area (Å²) in [5.74, 6) is 0. The van der Waals surface area contributed by atoms with Crippen molar-refractivity contribution in [2.24, 2.45) is 0 Å². The Morgan fingerprint density at radius 3 is 2.40 bits per heavy atom. The summed E-state index contributed by atoms with van der Waals surface area (Å²) < 4.78 is 0. The van der Waals surface area contributed by atoms with Gasteiger partial charge in [0.1, 0.15) is 0 Å². The van der Waals surface area contributed by atoms with Gasteiger partial charge in [0.15, 0.2) is 0 Å². The molecule has 0 saturated heterocycles. The molecule has 0 heterocycles. The zero-order valence-electron chi connectivity index (χ0n) is 8.35. The molecule has 0 aliphatic carbocycles. The number of benzene rings is 2. The minimum Gasteiger partial charge on any atom is -0.0955 e. The Bertz CT molecular complexity index is 533. The highest BCUT2D eigenvalue weighted by atomic mass is 35.5. The SMILES string of the molecule is C=C(C)c1ccc(Cl)c2c(Cl)cccc12. The summed E-state index contributed by atoms with van der Waals surface area (Å²) in [4.78, 5) is 0. The molecule has 2 aromatic carbocycles. The standard InChI is InChI=1S/C13H10Cl2/c1-8(2)9-6-7-12(15)13-10(9)4-3-5-11(13)14/h3-7H,1H2,2H3. The number of halogens is 2. The molecule has 0 aromatic heterocycles. The van der Waals surface area contributed by atoms with E-state index in [1.807, 2.05) is 37.3 Å². The van der Waals surface area contributed by atoms with Crippen molar-refractivity contribution in [1.82, 2.24) is 0 Å². The number of hydrogen-bond acceptors (Lipinski definition) is 0. The first-order valence-corrected chi connectivity index (χ1v) is 5.39. The second-order valence-corrected chi connectivity index (χ2v) is 4.35. The van der Waals surface area contributed by atoms with Crippen LogP contribution in [0.4, 0.5) is 0 Å². The molecular formula is C13H10Cl2. The van der Waals surface area contributed by atoms with Crippen molar-refractivity contribution in [1.29, 1.82) is 0 Å². The van der Waals surface area contributed by atoms with E-state index < -0.39 is 0 Å². The van der Waals surface area contributed by atoms with E-state index >= 15 is 0 Å². The smallest absolute Gasteiger partial charge is 0.0499 e. The van der Waals surface area contributed by atoms with Crippen LogP contribution in [0.25, 0.3) is 16.3 Å². The second-order valence-electron chi connectivity index (χ2n) is 3.54. The van der Waals surface area contributed by atoms with Crippen LogP contribution >= 0.6 is 23.2 Å². The summed E-state index contributed by atoms with van der Waals surface area (Å²) >= 11 is 12.2. The summed E-state index contributed by atoms with van der Waals surface area (Å²) in [5, 5.41) is 3.32. The van der Waals surface area contributed by atoms with Gasteiger partial charge >= 0.3 is 0 Å². The molecule has 0 bridgehead atoms. The molecule has 0 unspecified atom stereocenters. The first-order chi connectivity index (χ1) is 7.11. The summed E-state index contributed by atoms with van der Waals surface area (Å²) in [5.41, 5.74) is 2.11. The van der Waals surface area contributed by atoms with Crippen LogP contribution in [0.5, 0.6) is 0 Å². The maximum absolute atomic E-state index is 6.12. The van der Waals surface area contributed by atoms with Gasteiger partial charge in [0.25, 0.3) is 0 Å². The first kappa shape index (κ1) is 10.5. The van der Waals surface area contributed by atoms with Crippen molar-refractivity contribution >= 4 is 39.5 Å². The molecule has 0 nitrogen and oxygen atoms in total. The highest BCUT2D eigenvalue weighted by Crippen LogP contribution is 2.34. The summed E-state index contributed by atoms with van der Waals surface area (Å²) in [6.45, 7) is 5.92. The predicted octanol–water partition coefficient (Wildman–Crippen LogP) is 5.18. The van der Waals surface area contributed by atoms with Gasteiger partial charge in [-0.2, -0.15) is 0 Å². The minimum atomic E-state index is 0.681. The van der Waals surface area contributed by atoms with E-state index in [-0.39, 0.29) is 0 Å². The molecule has 0 aliphatic rings. The lowest BCUT2D eigenvalue weighted by atomic mass is 10.0. The van der Waals surface area contributed by atoms with E-state index in [1.165, 1.54) is 0 Å². The molecule has 0 atom stereocenters. The Labute approximate surface area is 99.1 Å². The molecule has 0 saturated carbocycles. The Hall–Kier alpha value is -0.980. The van der Waals surface area contributed by atoms with Crippen molar-refractivity contribution in [3.63, 3.8) is 0 Å². The van der Waals surface area contributed by atoms with Gasteiger partial charge in [0.05, 0.1) is 0 Å². The van der Waals surface area contributed by atoms with Crippen molar-refractivity contribution in [2.75, 3.05) is 0 Å². The van der Waals surface area contributed by atoms with E-state index in [9.17, 15) is 0 Å². The van der Waals surface area contributed by atoms with Crippen LogP contribution in [0.1, 0.15) is 12.5 Å². The van der Waals surface area contributed by atoms with Crippen molar-refractivity contribution in [2.45, 2.75) is 6.92 Å². The predicted molar refractivity (Wildman–Crippen MR) is 68.7 cm³/mol. The Morgan fingerprint density at radius 2 is 1.73 bits per heavy atom. The number of allylic oxidation sites excluding steroid dienone is 1. The van der Waals surface area contributed by atoms with Crippen molar-refractivity contribution < 1.29 is 0 Å². The molecule has 0 N–H and O–H groups in total. The van der Waals surface area contributed by atoms with Crippen LogP contribution in [0, 0.1) is 0 Å².